The van der Waals surface area contributed by atoms with E-state index in [-0.39, 0.29) is 4.88 Å². The van der Waals surface area contributed by atoms with E-state index < -0.39 is 5.97 Å². The van der Waals surface area contributed by atoms with Gasteiger partial charge >= 0.3 is 5.97 Å². The minimum atomic E-state index is -0.976. The summed E-state index contributed by atoms with van der Waals surface area (Å²) < 4.78 is 0. The van der Waals surface area contributed by atoms with Crippen molar-refractivity contribution in [3.63, 3.8) is 0 Å². The van der Waals surface area contributed by atoms with E-state index in [1.54, 1.807) is 25.1 Å². The first-order valence-corrected chi connectivity index (χ1v) is 6.22. The van der Waals surface area contributed by atoms with Gasteiger partial charge in [-0.2, -0.15) is 0 Å². The standard InChI is InChI=1S/C11H7Cl2NO2S/c1-5-9(11(15)16)17-10(14-5)7-3-2-6(12)4-8(7)13/h2-4H,1H3,(H,15,16). The maximum Gasteiger partial charge on any atom is 0.347 e. The van der Waals surface area contributed by atoms with Crippen molar-refractivity contribution in [1.29, 1.82) is 0 Å². The van der Waals surface area contributed by atoms with Crippen molar-refractivity contribution in [3.05, 3.63) is 38.8 Å². The number of aromatic carboxylic acids is 1. The predicted octanol–water partition coefficient (Wildman–Crippen LogP) is 4.12. The van der Waals surface area contributed by atoms with Gasteiger partial charge in [0, 0.05) is 10.6 Å². The summed E-state index contributed by atoms with van der Waals surface area (Å²) in [6.45, 7) is 1.66. The average molecular weight is 288 g/mol. The maximum absolute atomic E-state index is 10.9. The van der Waals surface area contributed by atoms with Crippen molar-refractivity contribution < 1.29 is 9.90 Å². The first-order chi connectivity index (χ1) is 7.99. The molecule has 0 aliphatic heterocycles. The van der Waals surface area contributed by atoms with Gasteiger partial charge < -0.3 is 5.11 Å². The number of nitrogens with zero attached hydrogens (tertiary/aromatic N) is 1. The fourth-order valence-electron chi connectivity index (χ4n) is 1.37. The monoisotopic (exact) mass is 287 g/mol. The molecule has 0 amide bonds. The fourth-order valence-corrected chi connectivity index (χ4v) is 2.87. The Kier molecular flexibility index (Phi) is 3.38. The summed E-state index contributed by atoms with van der Waals surface area (Å²) in [5.74, 6) is -0.976. The van der Waals surface area contributed by atoms with E-state index in [1.807, 2.05) is 0 Å². The van der Waals surface area contributed by atoms with Gasteiger partial charge in [0.15, 0.2) is 0 Å². The quantitative estimate of drug-likeness (QED) is 0.904. The molecule has 0 unspecified atom stereocenters. The molecule has 17 heavy (non-hydrogen) atoms. The van der Waals surface area contributed by atoms with Crippen LogP contribution in [0.3, 0.4) is 0 Å². The second-order valence-corrected chi connectivity index (χ2v) is 5.21. The van der Waals surface area contributed by atoms with Crippen LogP contribution in [0, 0.1) is 6.92 Å². The number of halogens is 2. The first kappa shape index (κ1) is 12.4. The zero-order valence-corrected chi connectivity index (χ0v) is 11.0. The Bertz CT molecular complexity index is 595. The Hall–Kier alpha value is -1.10. The van der Waals surface area contributed by atoms with Crippen molar-refractivity contribution >= 4 is 40.5 Å². The van der Waals surface area contributed by atoms with Gasteiger partial charge in [-0.15, -0.1) is 11.3 Å². The largest absolute Gasteiger partial charge is 0.477 e. The molecule has 2 rings (SSSR count). The Labute approximate surface area is 112 Å². The Morgan fingerprint density at radius 2 is 2.12 bits per heavy atom. The molecule has 0 radical (unpaired) electrons. The molecule has 0 bridgehead atoms. The molecular weight excluding hydrogens is 281 g/mol. The van der Waals surface area contributed by atoms with Crippen LogP contribution in [0.5, 0.6) is 0 Å². The highest BCUT2D eigenvalue weighted by Gasteiger charge is 2.16. The van der Waals surface area contributed by atoms with E-state index in [4.69, 9.17) is 28.3 Å². The Morgan fingerprint density at radius 3 is 2.65 bits per heavy atom. The van der Waals surface area contributed by atoms with Gasteiger partial charge in [0.25, 0.3) is 0 Å². The van der Waals surface area contributed by atoms with E-state index in [0.29, 0.717) is 26.3 Å². The molecule has 0 spiro atoms. The molecule has 0 aliphatic carbocycles. The molecule has 1 aromatic heterocycles. The number of aromatic nitrogens is 1. The number of hydrogen-bond donors (Lipinski definition) is 1. The minimum Gasteiger partial charge on any atom is -0.477 e. The van der Waals surface area contributed by atoms with Gasteiger partial charge in [-0.25, -0.2) is 9.78 Å². The van der Waals surface area contributed by atoms with Crippen LogP contribution in [-0.4, -0.2) is 16.1 Å². The van der Waals surface area contributed by atoms with Crippen molar-refractivity contribution in [3.8, 4) is 10.6 Å². The lowest BCUT2D eigenvalue weighted by molar-refractivity contribution is 0.0701. The summed E-state index contributed by atoms with van der Waals surface area (Å²) >= 11 is 12.9. The summed E-state index contributed by atoms with van der Waals surface area (Å²) in [4.78, 5) is 15.4. The smallest absolute Gasteiger partial charge is 0.347 e. The second-order valence-electron chi connectivity index (χ2n) is 3.36. The molecule has 1 aromatic carbocycles. The Morgan fingerprint density at radius 1 is 1.41 bits per heavy atom. The van der Waals surface area contributed by atoms with E-state index in [2.05, 4.69) is 4.98 Å². The molecular formula is C11H7Cl2NO2S. The van der Waals surface area contributed by atoms with Crippen molar-refractivity contribution in [1.82, 2.24) is 4.98 Å². The number of carboxylic acids is 1. The topological polar surface area (TPSA) is 50.2 Å². The van der Waals surface area contributed by atoms with Gasteiger partial charge in [-0.1, -0.05) is 23.2 Å². The second kappa shape index (κ2) is 4.64. The van der Waals surface area contributed by atoms with E-state index in [9.17, 15) is 4.79 Å². The number of carbonyl (C=O) groups is 1. The molecule has 1 heterocycles. The van der Waals surface area contributed by atoms with Crippen molar-refractivity contribution in [2.75, 3.05) is 0 Å². The SMILES string of the molecule is Cc1nc(-c2ccc(Cl)cc2Cl)sc1C(=O)O. The highest BCUT2D eigenvalue weighted by atomic mass is 35.5. The molecule has 0 fully saturated rings. The normalized spacial score (nSPS) is 10.5. The zero-order chi connectivity index (χ0) is 12.6. The summed E-state index contributed by atoms with van der Waals surface area (Å²) in [6, 6.07) is 5.03. The lowest BCUT2D eigenvalue weighted by Crippen LogP contribution is -1.94. The van der Waals surface area contributed by atoms with Gasteiger partial charge in [-0.05, 0) is 25.1 Å². The summed E-state index contributed by atoms with van der Waals surface area (Å²) in [5, 5.41) is 10.5. The third-order valence-corrected chi connectivity index (χ3v) is 3.88. The number of thiazole rings is 1. The highest BCUT2D eigenvalue weighted by Crippen LogP contribution is 2.34. The van der Waals surface area contributed by atoms with Crippen molar-refractivity contribution in [2.24, 2.45) is 0 Å². The molecule has 6 heteroatoms. The van der Waals surface area contributed by atoms with Crippen LogP contribution in [0.2, 0.25) is 10.0 Å². The number of aryl methyl sites for hydroxylation is 1. The molecule has 0 saturated carbocycles. The highest BCUT2D eigenvalue weighted by molar-refractivity contribution is 7.17. The van der Waals surface area contributed by atoms with Gasteiger partial charge in [0.1, 0.15) is 9.88 Å². The lowest BCUT2D eigenvalue weighted by Gasteiger charge is -1.99. The van der Waals surface area contributed by atoms with Gasteiger partial charge in [0.2, 0.25) is 0 Å². The van der Waals surface area contributed by atoms with Crippen LogP contribution in [0.4, 0.5) is 0 Å². The third kappa shape index (κ3) is 2.44. The molecule has 1 N–H and O–H groups in total. The number of hydrogen-bond acceptors (Lipinski definition) is 3. The predicted molar refractivity (Wildman–Crippen MR) is 69.3 cm³/mol. The lowest BCUT2D eigenvalue weighted by atomic mass is 10.2. The van der Waals surface area contributed by atoms with Gasteiger partial charge in [-0.3, -0.25) is 0 Å². The first-order valence-electron chi connectivity index (χ1n) is 4.65. The molecule has 2 aromatic rings. The van der Waals surface area contributed by atoms with Crippen LogP contribution in [0.25, 0.3) is 10.6 Å². The minimum absolute atomic E-state index is 0.228. The average Bonchev–Trinajstić information content (AvgIpc) is 2.60. The third-order valence-electron chi connectivity index (χ3n) is 2.15. The summed E-state index contributed by atoms with van der Waals surface area (Å²) in [6.07, 6.45) is 0. The Balaban J connectivity index is 2.53. The molecule has 88 valence electrons. The summed E-state index contributed by atoms with van der Waals surface area (Å²) in [5.41, 5.74) is 1.18. The van der Waals surface area contributed by atoms with Crippen LogP contribution in [-0.2, 0) is 0 Å². The van der Waals surface area contributed by atoms with Crippen molar-refractivity contribution in [2.45, 2.75) is 6.92 Å². The molecule has 0 aliphatic rings. The van der Waals surface area contributed by atoms with Crippen LogP contribution in [0.15, 0.2) is 18.2 Å². The van der Waals surface area contributed by atoms with E-state index in [1.165, 1.54) is 0 Å². The zero-order valence-electron chi connectivity index (χ0n) is 8.70. The fraction of sp³-hybridized carbons (Fsp3) is 0.0909. The number of benzene rings is 1. The van der Waals surface area contributed by atoms with Gasteiger partial charge in [0.05, 0.1) is 10.7 Å². The molecule has 3 nitrogen and oxygen atoms in total. The molecule has 0 atom stereocenters. The van der Waals surface area contributed by atoms with E-state index >= 15 is 0 Å². The van der Waals surface area contributed by atoms with Crippen LogP contribution in [0.1, 0.15) is 15.4 Å². The molecule has 0 saturated heterocycles. The van der Waals surface area contributed by atoms with Crippen LogP contribution >= 0.6 is 34.5 Å². The maximum atomic E-state index is 10.9. The van der Waals surface area contributed by atoms with E-state index in [0.717, 1.165) is 11.3 Å². The van der Waals surface area contributed by atoms with Crippen LogP contribution < -0.4 is 0 Å². The number of rotatable bonds is 2. The number of carboxylic acid groups (broad SMARTS) is 1. The summed E-state index contributed by atoms with van der Waals surface area (Å²) in [7, 11) is 0.